The zero-order chi connectivity index (χ0) is 18.5. The standard InChI is InChI=1S/C20H23N3O3/c1-23(2)16-8-5-14(6-9-16)4-3-11-21-20(25)15-7-10-17-18(12-15)26-13-19(24)22-17/h5-10,12H,3-4,11,13H2,1-2H3,(H,21,25)(H,22,24). The molecule has 1 heterocycles. The van der Waals surface area contributed by atoms with Gasteiger partial charge >= 0.3 is 0 Å². The Bertz CT molecular complexity index is 800. The third kappa shape index (κ3) is 4.33. The van der Waals surface area contributed by atoms with Gasteiger partial charge in [0.05, 0.1) is 5.69 Å². The number of nitrogens with one attached hydrogen (secondary N) is 2. The lowest BCUT2D eigenvalue weighted by Crippen LogP contribution is -2.27. The normalized spacial score (nSPS) is 12.6. The van der Waals surface area contributed by atoms with E-state index < -0.39 is 0 Å². The fourth-order valence-corrected chi connectivity index (χ4v) is 2.77. The number of nitrogens with zero attached hydrogens (tertiary/aromatic N) is 1. The van der Waals surface area contributed by atoms with E-state index in [1.807, 2.05) is 14.1 Å². The molecule has 0 unspecified atom stereocenters. The number of hydrogen-bond donors (Lipinski definition) is 2. The van der Waals surface area contributed by atoms with Crippen molar-refractivity contribution in [3.05, 3.63) is 53.6 Å². The maximum absolute atomic E-state index is 12.3. The van der Waals surface area contributed by atoms with Gasteiger partial charge < -0.3 is 20.3 Å². The van der Waals surface area contributed by atoms with Crippen LogP contribution in [0.15, 0.2) is 42.5 Å². The molecule has 2 amide bonds. The van der Waals surface area contributed by atoms with Gasteiger partial charge in [-0.15, -0.1) is 0 Å². The van der Waals surface area contributed by atoms with E-state index in [1.54, 1.807) is 18.2 Å². The zero-order valence-electron chi connectivity index (χ0n) is 15.0. The first kappa shape index (κ1) is 17.8. The summed E-state index contributed by atoms with van der Waals surface area (Å²) in [6.45, 7) is 0.577. The SMILES string of the molecule is CN(C)c1ccc(CCCNC(=O)c2ccc3c(c2)OCC(=O)N3)cc1. The molecule has 2 aromatic rings. The molecule has 2 N–H and O–H groups in total. The van der Waals surface area contributed by atoms with Gasteiger partial charge in [-0.25, -0.2) is 0 Å². The molecule has 0 radical (unpaired) electrons. The fourth-order valence-electron chi connectivity index (χ4n) is 2.77. The highest BCUT2D eigenvalue weighted by molar-refractivity contribution is 5.98. The molecular weight excluding hydrogens is 330 g/mol. The first-order chi connectivity index (χ1) is 12.5. The number of carbonyl (C=O) groups excluding carboxylic acids is 2. The van der Waals surface area contributed by atoms with Crippen LogP contribution in [-0.2, 0) is 11.2 Å². The smallest absolute Gasteiger partial charge is 0.262 e. The molecule has 6 nitrogen and oxygen atoms in total. The number of fused-ring (bicyclic) bond motifs is 1. The Hall–Kier alpha value is -3.02. The summed E-state index contributed by atoms with van der Waals surface area (Å²) in [5, 5.41) is 5.63. The quantitative estimate of drug-likeness (QED) is 0.783. The van der Waals surface area contributed by atoms with Gasteiger partial charge in [0.15, 0.2) is 6.61 Å². The summed E-state index contributed by atoms with van der Waals surface area (Å²) in [7, 11) is 4.04. The highest BCUT2D eigenvalue weighted by Crippen LogP contribution is 2.28. The molecule has 0 atom stereocenters. The van der Waals surface area contributed by atoms with Crippen LogP contribution in [-0.4, -0.2) is 39.1 Å². The van der Waals surface area contributed by atoms with Crippen LogP contribution in [0.3, 0.4) is 0 Å². The molecule has 26 heavy (non-hydrogen) atoms. The van der Waals surface area contributed by atoms with Crippen molar-refractivity contribution >= 4 is 23.2 Å². The van der Waals surface area contributed by atoms with Gasteiger partial charge in [0.25, 0.3) is 11.8 Å². The summed E-state index contributed by atoms with van der Waals surface area (Å²) in [6, 6.07) is 13.5. The number of rotatable bonds is 6. The molecule has 0 spiro atoms. The minimum absolute atomic E-state index is 0.0231. The van der Waals surface area contributed by atoms with E-state index in [0.29, 0.717) is 23.5 Å². The Morgan fingerprint density at radius 1 is 1.19 bits per heavy atom. The zero-order valence-corrected chi connectivity index (χ0v) is 15.0. The molecular formula is C20H23N3O3. The highest BCUT2D eigenvalue weighted by atomic mass is 16.5. The lowest BCUT2D eigenvalue weighted by molar-refractivity contribution is -0.118. The van der Waals surface area contributed by atoms with E-state index in [1.165, 1.54) is 11.3 Å². The Balaban J connectivity index is 1.47. The summed E-state index contributed by atoms with van der Waals surface area (Å²) in [4.78, 5) is 25.6. The molecule has 2 aromatic carbocycles. The number of anilines is 2. The third-order valence-corrected chi connectivity index (χ3v) is 4.26. The number of amides is 2. The topological polar surface area (TPSA) is 70.7 Å². The van der Waals surface area contributed by atoms with Crippen molar-refractivity contribution in [2.45, 2.75) is 12.8 Å². The Morgan fingerprint density at radius 3 is 2.69 bits per heavy atom. The van der Waals surface area contributed by atoms with E-state index in [2.05, 4.69) is 39.8 Å². The monoisotopic (exact) mass is 353 g/mol. The van der Waals surface area contributed by atoms with Gasteiger partial charge in [0, 0.05) is 31.9 Å². The van der Waals surface area contributed by atoms with Crippen molar-refractivity contribution in [2.75, 3.05) is 37.5 Å². The summed E-state index contributed by atoms with van der Waals surface area (Å²) in [5.41, 5.74) is 3.55. The Labute approximate surface area is 153 Å². The number of carbonyl (C=O) groups is 2. The minimum Gasteiger partial charge on any atom is -0.482 e. The van der Waals surface area contributed by atoms with E-state index in [0.717, 1.165) is 12.8 Å². The van der Waals surface area contributed by atoms with Gasteiger partial charge in [0.1, 0.15) is 5.75 Å². The molecule has 0 aromatic heterocycles. The summed E-state index contributed by atoms with van der Waals surface area (Å²) < 4.78 is 5.34. The first-order valence-corrected chi connectivity index (χ1v) is 8.64. The van der Waals surface area contributed by atoms with Crippen LogP contribution < -0.4 is 20.3 Å². The van der Waals surface area contributed by atoms with E-state index >= 15 is 0 Å². The molecule has 3 rings (SSSR count). The number of aryl methyl sites for hydroxylation is 1. The van der Waals surface area contributed by atoms with Crippen molar-refractivity contribution in [1.29, 1.82) is 0 Å². The summed E-state index contributed by atoms with van der Waals surface area (Å²) >= 11 is 0. The summed E-state index contributed by atoms with van der Waals surface area (Å²) in [6.07, 6.45) is 1.78. The van der Waals surface area contributed by atoms with Gasteiger partial charge in [-0.3, -0.25) is 9.59 Å². The van der Waals surface area contributed by atoms with E-state index in [9.17, 15) is 9.59 Å². The van der Waals surface area contributed by atoms with Crippen molar-refractivity contribution in [3.63, 3.8) is 0 Å². The highest BCUT2D eigenvalue weighted by Gasteiger charge is 2.17. The molecule has 0 bridgehead atoms. The van der Waals surface area contributed by atoms with Gasteiger partial charge in [-0.05, 0) is 48.7 Å². The number of hydrogen-bond acceptors (Lipinski definition) is 4. The van der Waals surface area contributed by atoms with Crippen LogP contribution in [0.1, 0.15) is 22.3 Å². The van der Waals surface area contributed by atoms with Gasteiger partial charge in [-0.2, -0.15) is 0 Å². The molecule has 1 aliphatic rings. The lowest BCUT2D eigenvalue weighted by Gasteiger charge is -2.18. The van der Waals surface area contributed by atoms with Crippen LogP contribution in [0.2, 0.25) is 0 Å². The minimum atomic E-state index is -0.187. The Morgan fingerprint density at radius 2 is 1.96 bits per heavy atom. The molecule has 0 aliphatic carbocycles. The molecule has 0 saturated heterocycles. The first-order valence-electron chi connectivity index (χ1n) is 8.64. The van der Waals surface area contributed by atoms with Crippen molar-refractivity contribution in [3.8, 4) is 5.75 Å². The molecule has 0 fully saturated rings. The lowest BCUT2D eigenvalue weighted by atomic mass is 10.1. The predicted octanol–water partition coefficient (Wildman–Crippen LogP) is 2.45. The third-order valence-electron chi connectivity index (χ3n) is 4.26. The summed E-state index contributed by atoms with van der Waals surface area (Å²) in [5.74, 6) is 0.197. The van der Waals surface area contributed by atoms with Crippen LogP contribution in [0.4, 0.5) is 11.4 Å². The Kier molecular flexibility index (Phi) is 5.41. The van der Waals surface area contributed by atoms with E-state index in [-0.39, 0.29) is 18.4 Å². The molecule has 0 saturated carbocycles. The van der Waals surface area contributed by atoms with Gasteiger partial charge in [0.2, 0.25) is 0 Å². The van der Waals surface area contributed by atoms with Crippen LogP contribution in [0, 0.1) is 0 Å². The second-order valence-corrected chi connectivity index (χ2v) is 6.47. The molecule has 136 valence electrons. The number of benzene rings is 2. The van der Waals surface area contributed by atoms with Crippen LogP contribution >= 0.6 is 0 Å². The van der Waals surface area contributed by atoms with Crippen LogP contribution in [0.25, 0.3) is 0 Å². The largest absolute Gasteiger partial charge is 0.482 e. The fraction of sp³-hybridized carbons (Fsp3) is 0.300. The second-order valence-electron chi connectivity index (χ2n) is 6.47. The van der Waals surface area contributed by atoms with Crippen LogP contribution in [0.5, 0.6) is 5.75 Å². The average molecular weight is 353 g/mol. The van der Waals surface area contributed by atoms with Crippen molar-refractivity contribution in [1.82, 2.24) is 5.32 Å². The average Bonchev–Trinajstić information content (AvgIpc) is 2.65. The number of ether oxygens (including phenoxy) is 1. The second kappa shape index (κ2) is 7.91. The van der Waals surface area contributed by atoms with Crippen molar-refractivity contribution < 1.29 is 14.3 Å². The predicted molar refractivity (Wildman–Crippen MR) is 102 cm³/mol. The van der Waals surface area contributed by atoms with Gasteiger partial charge in [-0.1, -0.05) is 12.1 Å². The van der Waals surface area contributed by atoms with E-state index in [4.69, 9.17) is 4.74 Å². The molecule has 6 heteroatoms. The van der Waals surface area contributed by atoms with Crippen molar-refractivity contribution in [2.24, 2.45) is 0 Å². The maximum atomic E-state index is 12.3. The molecule has 1 aliphatic heterocycles. The maximum Gasteiger partial charge on any atom is 0.262 e.